The first-order valence-corrected chi connectivity index (χ1v) is 5.67. The molecule has 0 saturated carbocycles. The van der Waals surface area contributed by atoms with Crippen LogP contribution in [0, 0.1) is 0 Å². The van der Waals surface area contributed by atoms with E-state index in [-0.39, 0.29) is 6.42 Å². The van der Waals surface area contributed by atoms with Crippen LogP contribution in [0.15, 0.2) is 16.6 Å². The normalized spacial score (nSPS) is 12.0. The van der Waals surface area contributed by atoms with Gasteiger partial charge in [-0.15, -0.1) is 0 Å². The Labute approximate surface area is 108 Å². The lowest BCUT2D eigenvalue weighted by molar-refractivity contribution is -0.138. The van der Waals surface area contributed by atoms with Crippen molar-refractivity contribution in [2.45, 2.75) is 12.5 Å². The third-order valence-corrected chi connectivity index (χ3v) is 2.74. The zero-order valence-corrected chi connectivity index (χ0v) is 11.2. The first-order chi connectivity index (χ1) is 7.99. The van der Waals surface area contributed by atoms with Crippen molar-refractivity contribution < 1.29 is 19.4 Å². The highest BCUT2D eigenvalue weighted by Crippen LogP contribution is 2.35. The Bertz CT molecular complexity index is 422. The van der Waals surface area contributed by atoms with Crippen LogP contribution in [0.5, 0.6) is 11.5 Å². The predicted molar refractivity (Wildman–Crippen MR) is 66.6 cm³/mol. The molecule has 0 aliphatic carbocycles. The van der Waals surface area contributed by atoms with Gasteiger partial charge in [-0.05, 0) is 12.1 Å². The van der Waals surface area contributed by atoms with E-state index < -0.39 is 12.0 Å². The molecule has 5 nitrogen and oxygen atoms in total. The van der Waals surface area contributed by atoms with Crippen LogP contribution in [-0.4, -0.2) is 31.3 Å². The van der Waals surface area contributed by atoms with Crippen molar-refractivity contribution >= 4 is 21.9 Å². The molecule has 1 rings (SSSR count). The summed E-state index contributed by atoms with van der Waals surface area (Å²) in [7, 11) is 3.02. The average Bonchev–Trinajstić information content (AvgIpc) is 2.27. The van der Waals surface area contributed by atoms with Gasteiger partial charge in [0, 0.05) is 16.5 Å². The summed E-state index contributed by atoms with van der Waals surface area (Å²) < 4.78 is 11.1. The third kappa shape index (κ3) is 3.34. The number of carboxylic acid groups (broad SMARTS) is 1. The number of carbonyl (C=O) groups is 1. The number of hydrogen-bond donors (Lipinski definition) is 2. The van der Waals surface area contributed by atoms with Gasteiger partial charge in [0.15, 0.2) is 11.5 Å². The van der Waals surface area contributed by atoms with Crippen LogP contribution in [0.3, 0.4) is 0 Å². The van der Waals surface area contributed by atoms with Gasteiger partial charge in [0.25, 0.3) is 0 Å². The topological polar surface area (TPSA) is 81.8 Å². The van der Waals surface area contributed by atoms with Gasteiger partial charge in [0.1, 0.15) is 6.04 Å². The maximum absolute atomic E-state index is 10.7. The lowest BCUT2D eigenvalue weighted by Gasteiger charge is -2.15. The van der Waals surface area contributed by atoms with Crippen LogP contribution in [-0.2, 0) is 11.2 Å². The van der Waals surface area contributed by atoms with Crippen LogP contribution in [0.1, 0.15) is 5.56 Å². The molecule has 6 heteroatoms. The minimum Gasteiger partial charge on any atom is -0.493 e. The number of ether oxygens (including phenoxy) is 2. The molecule has 1 aromatic rings. The first kappa shape index (κ1) is 13.8. The molecule has 0 aromatic heterocycles. The lowest BCUT2D eigenvalue weighted by atomic mass is 10.1. The SMILES string of the molecule is COc1cc(Br)cc(CC(N)C(=O)O)c1OC. The highest BCUT2D eigenvalue weighted by Gasteiger charge is 2.18. The molecule has 0 heterocycles. The quantitative estimate of drug-likeness (QED) is 0.860. The predicted octanol–water partition coefficient (Wildman–Crippen LogP) is 1.42. The van der Waals surface area contributed by atoms with Crippen LogP contribution in [0.4, 0.5) is 0 Å². The monoisotopic (exact) mass is 303 g/mol. The maximum Gasteiger partial charge on any atom is 0.320 e. The lowest BCUT2D eigenvalue weighted by Crippen LogP contribution is -2.32. The van der Waals surface area contributed by atoms with E-state index in [1.54, 1.807) is 12.1 Å². The number of carboxylic acids is 1. The van der Waals surface area contributed by atoms with E-state index in [9.17, 15) is 4.79 Å². The number of hydrogen-bond acceptors (Lipinski definition) is 4. The van der Waals surface area contributed by atoms with Crippen molar-refractivity contribution in [3.8, 4) is 11.5 Å². The van der Waals surface area contributed by atoms with E-state index in [4.69, 9.17) is 20.3 Å². The Balaban J connectivity index is 3.12. The molecule has 94 valence electrons. The summed E-state index contributed by atoms with van der Waals surface area (Å²) in [5, 5.41) is 8.79. The van der Waals surface area contributed by atoms with Crippen LogP contribution < -0.4 is 15.2 Å². The zero-order chi connectivity index (χ0) is 13.0. The molecule has 0 aliphatic heterocycles. The molecule has 0 radical (unpaired) electrons. The number of rotatable bonds is 5. The van der Waals surface area contributed by atoms with Gasteiger partial charge < -0.3 is 20.3 Å². The fraction of sp³-hybridized carbons (Fsp3) is 0.364. The Morgan fingerprint density at radius 2 is 2.12 bits per heavy atom. The van der Waals surface area contributed by atoms with Gasteiger partial charge in [-0.3, -0.25) is 4.79 Å². The van der Waals surface area contributed by atoms with Crippen molar-refractivity contribution in [3.63, 3.8) is 0 Å². The fourth-order valence-corrected chi connectivity index (χ4v) is 1.97. The van der Waals surface area contributed by atoms with Crippen molar-refractivity contribution in [3.05, 3.63) is 22.2 Å². The van der Waals surface area contributed by atoms with Gasteiger partial charge in [0.05, 0.1) is 14.2 Å². The third-order valence-electron chi connectivity index (χ3n) is 2.28. The molecule has 1 atom stereocenters. The van der Waals surface area contributed by atoms with Gasteiger partial charge in [0.2, 0.25) is 0 Å². The summed E-state index contributed by atoms with van der Waals surface area (Å²) in [5.41, 5.74) is 6.19. The number of benzene rings is 1. The molecule has 0 bridgehead atoms. The molecule has 0 saturated heterocycles. The Morgan fingerprint density at radius 1 is 1.47 bits per heavy atom. The molecule has 3 N–H and O–H groups in total. The van der Waals surface area contributed by atoms with Crippen LogP contribution in [0.25, 0.3) is 0 Å². The average molecular weight is 304 g/mol. The van der Waals surface area contributed by atoms with Crippen molar-refractivity contribution in [1.29, 1.82) is 0 Å². The number of halogens is 1. The van der Waals surface area contributed by atoms with Gasteiger partial charge in [-0.25, -0.2) is 0 Å². The van der Waals surface area contributed by atoms with Gasteiger partial charge in [-0.2, -0.15) is 0 Å². The Morgan fingerprint density at radius 3 is 2.59 bits per heavy atom. The molecule has 1 unspecified atom stereocenters. The van der Waals surface area contributed by atoms with Crippen molar-refractivity contribution in [2.24, 2.45) is 5.73 Å². The standard InChI is InChI=1S/C11H14BrNO4/c1-16-9-5-7(12)3-6(10(9)17-2)4-8(13)11(14)15/h3,5,8H,4,13H2,1-2H3,(H,14,15). The van der Waals surface area contributed by atoms with E-state index in [0.29, 0.717) is 17.1 Å². The highest BCUT2D eigenvalue weighted by molar-refractivity contribution is 9.10. The van der Waals surface area contributed by atoms with E-state index in [0.717, 1.165) is 4.47 Å². The van der Waals surface area contributed by atoms with Crippen LogP contribution in [0.2, 0.25) is 0 Å². The Hall–Kier alpha value is -1.27. The largest absolute Gasteiger partial charge is 0.493 e. The summed E-state index contributed by atoms with van der Waals surface area (Å²) in [6.45, 7) is 0. The molecular formula is C11H14BrNO4. The van der Waals surface area contributed by atoms with Crippen molar-refractivity contribution in [1.82, 2.24) is 0 Å². The molecule has 1 aromatic carbocycles. The fourth-order valence-electron chi connectivity index (χ4n) is 1.48. The smallest absolute Gasteiger partial charge is 0.320 e. The number of nitrogens with two attached hydrogens (primary N) is 1. The first-order valence-electron chi connectivity index (χ1n) is 4.88. The van der Waals surface area contributed by atoms with E-state index in [1.807, 2.05) is 0 Å². The minimum atomic E-state index is -1.05. The molecule has 0 amide bonds. The number of methoxy groups -OCH3 is 2. The molecule has 0 spiro atoms. The highest BCUT2D eigenvalue weighted by atomic mass is 79.9. The Kier molecular flexibility index (Phi) is 4.77. The molecular weight excluding hydrogens is 290 g/mol. The summed E-state index contributed by atoms with van der Waals surface area (Å²) in [5.74, 6) is -0.00661. The van der Waals surface area contributed by atoms with E-state index in [1.165, 1.54) is 14.2 Å². The summed E-state index contributed by atoms with van der Waals surface area (Å²) in [6, 6.07) is 2.54. The minimum absolute atomic E-state index is 0.175. The maximum atomic E-state index is 10.7. The molecule has 0 fully saturated rings. The molecule has 0 aliphatic rings. The second kappa shape index (κ2) is 5.88. The van der Waals surface area contributed by atoms with E-state index >= 15 is 0 Å². The van der Waals surface area contributed by atoms with E-state index in [2.05, 4.69) is 15.9 Å². The second-order valence-corrected chi connectivity index (χ2v) is 4.36. The van der Waals surface area contributed by atoms with Crippen LogP contribution >= 0.6 is 15.9 Å². The van der Waals surface area contributed by atoms with Gasteiger partial charge in [-0.1, -0.05) is 15.9 Å². The number of aliphatic carboxylic acids is 1. The summed E-state index contributed by atoms with van der Waals surface area (Å²) >= 11 is 3.32. The van der Waals surface area contributed by atoms with Gasteiger partial charge >= 0.3 is 5.97 Å². The summed E-state index contributed by atoms with van der Waals surface area (Å²) in [6.07, 6.45) is 0.175. The second-order valence-electron chi connectivity index (χ2n) is 3.45. The molecule has 17 heavy (non-hydrogen) atoms. The zero-order valence-electron chi connectivity index (χ0n) is 9.57. The van der Waals surface area contributed by atoms with Crippen molar-refractivity contribution in [2.75, 3.05) is 14.2 Å². The summed E-state index contributed by atoms with van der Waals surface area (Å²) in [4.78, 5) is 10.7.